The zero-order valence-electron chi connectivity index (χ0n) is 15.5. The number of nitrogens with zero attached hydrogens (tertiary/aromatic N) is 3. The van der Waals surface area contributed by atoms with E-state index in [1.165, 1.54) is 16.7 Å². The summed E-state index contributed by atoms with van der Waals surface area (Å²) < 4.78 is 5.86. The van der Waals surface area contributed by atoms with E-state index in [2.05, 4.69) is 9.98 Å². The minimum absolute atomic E-state index is 0.145. The number of halogens is 2. The van der Waals surface area contributed by atoms with E-state index in [1.54, 1.807) is 37.4 Å². The Hall–Kier alpha value is -2.54. The quantitative estimate of drug-likeness (QED) is 0.452. The van der Waals surface area contributed by atoms with Gasteiger partial charge in [-0.15, -0.1) is 0 Å². The van der Waals surface area contributed by atoms with E-state index >= 15 is 0 Å². The first-order valence-electron chi connectivity index (χ1n) is 8.66. The molecule has 3 aromatic rings. The van der Waals surface area contributed by atoms with Crippen LogP contribution < -0.4 is 0 Å². The van der Waals surface area contributed by atoms with Crippen molar-refractivity contribution in [2.24, 2.45) is 4.99 Å². The lowest BCUT2D eigenvalue weighted by Crippen LogP contribution is -2.23. The van der Waals surface area contributed by atoms with Crippen molar-refractivity contribution in [3.05, 3.63) is 74.9 Å². The van der Waals surface area contributed by atoms with Gasteiger partial charge in [-0.3, -0.25) is 9.69 Å². The fourth-order valence-corrected chi connectivity index (χ4v) is 3.96. The molecular formula is C21H15Cl2N3O2S. The maximum absolute atomic E-state index is 12.6. The number of carbonyl (C=O) groups excluding carboxylic acids is 1. The summed E-state index contributed by atoms with van der Waals surface area (Å²) in [5.74, 6) is 1.62. The molecule has 29 heavy (non-hydrogen) atoms. The van der Waals surface area contributed by atoms with Gasteiger partial charge in [0.05, 0.1) is 15.0 Å². The van der Waals surface area contributed by atoms with Gasteiger partial charge >= 0.3 is 0 Å². The maximum atomic E-state index is 12.6. The van der Waals surface area contributed by atoms with Gasteiger partial charge in [-0.1, -0.05) is 29.3 Å². The summed E-state index contributed by atoms with van der Waals surface area (Å²) >= 11 is 13.3. The zero-order chi connectivity index (χ0) is 20.5. The van der Waals surface area contributed by atoms with Crippen molar-refractivity contribution in [2.45, 2.75) is 6.92 Å². The number of rotatable bonds is 3. The molecule has 4 rings (SSSR count). The molecule has 0 spiro atoms. The van der Waals surface area contributed by atoms with E-state index in [0.717, 1.165) is 11.3 Å². The molecule has 3 heterocycles. The Bertz CT molecular complexity index is 1170. The second-order valence-corrected chi connectivity index (χ2v) is 8.16. The number of aryl methyl sites for hydroxylation is 1. The van der Waals surface area contributed by atoms with Crippen LogP contribution in [0.1, 0.15) is 11.5 Å². The molecule has 0 N–H and O–H groups in total. The second-order valence-electron chi connectivity index (χ2n) is 6.34. The molecule has 0 saturated carbocycles. The van der Waals surface area contributed by atoms with Gasteiger partial charge < -0.3 is 4.42 Å². The van der Waals surface area contributed by atoms with Gasteiger partial charge in [0.1, 0.15) is 11.5 Å². The van der Waals surface area contributed by atoms with Gasteiger partial charge in [-0.25, -0.2) is 9.98 Å². The van der Waals surface area contributed by atoms with Crippen LogP contribution in [0.5, 0.6) is 0 Å². The van der Waals surface area contributed by atoms with E-state index in [4.69, 9.17) is 27.6 Å². The van der Waals surface area contributed by atoms with Crippen molar-refractivity contribution in [1.82, 2.24) is 9.88 Å². The third kappa shape index (κ3) is 4.24. The van der Waals surface area contributed by atoms with Crippen LogP contribution in [-0.2, 0) is 4.79 Å². The SMILES string of the molecule is Cc1cccc(/N=C2/S/C(=C/c3ccc(-c4ccc(Cl)c(Cl)c4)o3)C(=O)N2C)n1. The average molecular weight is 444 g/mol. The average Bonchev–Trinajstić information content (AvgIpc) is 3.25. The van der Waals surface area contributed by atoms with Gasteiger partial charge in [0.15, 0.2) is 11.0 Å². The molecule has 1 saturated heterocycles. The largest absolute Gasteiger partial charge is 0.457 e. The molecular weight excluding hydrogens is 429 g/mol. The Morgan fingerprint density at radius 2 is 1.97 bits per heavy atom. The van der Waals surface area contributed by atoms with Gasteiger partial charge in [0.2, 0.25) is 0 Å². The molecule has 1 aliphatic rings. The molecule has 0 aliphatic carbocycles. The molecule has 0 atom stereocenters. The topological polar surface area (TPSA) is 58.7 Å². The third-order valence-electron chi connectivity index (χ3n) is 4.19. The molecule has 0 unspecified atom stereocenters. The first-order chi connectivity index (χ1) is 13.9. The molecule has 0 radical (unpaired) electrons. The van der Waals surface area contributed by atoms with Crippen LogP contribution in [0, 0.1) is 6.92 Å². The fourth-order valence-electron chi connectivity index (χ4n) is 2.70. The number of hydrogen-bond acceptors (Lipinski definition) is 5. The minimum Gasteiger partial charge on any atom is -0.457 e. The van der Waals surface area contributed by atoms with Crippen molar-refractivity contribution < 1.29 is 9.21 Å². The first kappa shape index (κ1) is 19.8. The Kier molecular flexibility index (Phi) is 5.50. The van der Waals surface area contributed by atoms with E-state index in [9.17, 15) is 4.79 Å². The van der Waals surface area contributed by atoms with Crippen molar-refractivity contribution in [3.63, 3.8) is 0 Å². The Morgan fingerprint density at radius 3 is 2.72 bits per heavy atom. The second kappa shape index (κ2) is 8.06. The fraction of sp³-hybridized carbons (Fsp3) is 0.0952. The summed E-state index contributed by atoms with van der Waals surface area (Å²) in [7, 11) is 1.69. The number of likely N-dealkylation sites (N-methyl/N-ethyl adjacent to an activating group) is 1. The zero-order valence-corrected chi connectivity index (χ0v) is 17.8. The number of amidine groups is 1. The van der Waals surface area contributed by atoms with Crippen LogP contribution in [0.15, 0.2) is 62.8 Å². The summed E-state index contributed by atoms with van der Waals surface area (Å²) in [4.78, 5) is 23.5. The number of furan rings is 1. The van der Waals surface area contributed by atoms with E-state index in [1.807, 2.05) is 31.2 Å². The van der Waals surface area contributed by atoms with Crippen LogP contribution in [-0.4, -0.2) is 28.0 Å². The highest BCUT2D eigenvalue weighted by Gasteiger charge is 2.30. The Morgan fingerprint density at radius 1 is 1.14 bits per heavy atom. The third-order valence-corrected chi connectivity index (χ3v) is 5.99. The summed E-state index contributed by atoms with van der Waals surface area (Å²) in [6.45, 7) is 1.90. The van der Waals surface area contributed by atoms with Gasteiger partial charge in [0.25, 0.3) is 5.91 Å². The normalized spacial score (nSPS) is 17.0. The smallest absolute Gasteiger partial charge is 0.266 e. The molecule has 146 valence electrons. The molecule has 0 bridgehead atoms. The van der Waals surface area contributed by atoms with Gasteiger partial charge in [0, 0.05) is 24.4 Å². The predicted molar refractivity (Wildman–Crippen MR) is 119 cm³/mol. The van der Waals surface area contributed by atoms with Crippen molar-refractivity contribution in [1.29, 1.82) is 0 Å². The number of pyridine rings is 1. The van der Waals surface area contributed by atoms with Crippen LogP contribution in [0.3, 0.4) is 0 Å². The molecule has 2 aromatic heterocycles. The highest BCUT2D eigenvalue weighted by Crippen LogP contribution is 2.34. The van der Waals surface area contributed by atoms with E-state index in [0.29, 0.717) is 37.5 Å². The van der Waals surface area contributed by atoms with Gasteiger partial charge in [-0.05, 0) is 61.2 Å². The Labute approximate surface area is 182 Å². The highest BCUT2D eigenvalue weighted by atomic mass is 35.5. The summed E-state index contributed by atoms with van der Waals surface area (Å²) in [6.07, 6.45) is 1.71. The number of benzene rings is 1. The lowest BCUT2D eigenvalue weighted by Gasteiger charge is -2.06. The van der Waals surface area contributed by atoms with Gasteiger partial charge in [-0.2, -0.15) is 0 Å². The molecule has 1 aliphatic heterocycles. The Balaban J connectivity index is 1.59. The van der Waals surface area contributed by atoms with Crippen LogP contribution in [0.4, 0.5) is 5.82 Å². The minimum atomic E-state index is -0.145. The number of aromatic nitrogens is 1. The van der Waals surface area contributed by atoms with Crippen molar-refractivity contribution >= 4 is 57.9 Å². The molecule has 5 nitrogen and oxygen atoms in total. The lowest BCUT2D eigenvalue weighted by atomic mass is 10.2. The summed E-state index contributed by atoms with van der Waals surface area (Å²) in [6, 6.07) is 14.5. The molecule has 1 aromatic carbocycles. The summed E-state index contributed by atoms with van der Waals surface area (Å²) in [5.41, 5.74) is 1.67. The van der Waals surface area contributed by atoms with Crippen molar-refractivity contribution in [3.8, 4) is 11.3 Å². The number of carbonyl (C=O) groups is 1. The summed E-state index contributed by atoms with van der Waals surface area (Å²) in [5, 5.41) is 1.50. The molecule has 8 heteroatoms. The number of thioether (sulfide) groups is 1. The monoisotopic (exact) mass is 443 g/mol. The van der Waals surface area contributed by atoms with Crippen LogP contribution >= 0.6 is 35.0 Å². The van der Waals surface area contributed by atoms with Crippen LogP contribution in [0.25, 0.3) is 17.4 Å². The first-order valence-corrected chi connectivity index (χ1v) is 10.2. The number of aliphatic imine (C=N–C) groups is 1. The van der Waals surface area contributed by atoms with Crippen molar-refractivity contribution in [2.75, 3.05) is 7.05 Å². The predicted octanol–water partition coefficient (Wildman–Crippen LogP) is 6.19. The standard InChI is InChI=1S/C21H15Cl2N3O2S/c1-12-4-3-5-19(24-12)25-21-26(2)20(27)18(29-21)11-14-7-9-17(28-14)13-6-8-15(22)16(23)10-13/h3-11H,1-2H3/b18-11+,25-21+. The number of amides is 1. The highest BCUT2D eigenvalue weighted by molar-refractivity contribution is 8.18. The lowest BCUT2D eigenvalue weighted by molar-refractivity contribution is -0.121. The van der Waals surface area contributed by atoms with E-state index < -0.39 is 0 Å². The molecule has 1 amide bonds. The molecule has 1 fully saturated rings. The van der Waals surface area contributed by atoms with E-state index in [-0.39, 0.29) is 5.91 Å². The maximum Gasteiger partial charge on any atom is 0.266 e. The number of hydrogen-bond donors (Lipinski definition) is 0. The van der Waals surface area contributed by atoms with Crippen LogP contribution in [0.2, 0.25) is 10.0 Å².